The second kappa shape index (κ2) is 11.7. The molecule has 0 spiro atoms. The molecule has 0 aliphatic carbocycles. The Morgan fingerprint density at radius 2 is 1.85 bits per heavy atom. The van der Waals surface area contributed by atoms with Crippen LogP contribution in [0.15, 0.2) is 67.0 Å². The zero-order valence-electron chi connectivity index (χ0n) is 22.5. The number of esters is 1. The Kier molecular flexibility index (Phi) is 8.05. The molecule has 1 N–H and O–H groups in total. The molecule has 1 aliphatic rings. The van der Waals surface area contributed by atoms with Gasteiger partial charge in [-0.05, 0) is 42.7 Å². The number of rotatable bonds is 9. The second-order valence-electron chi connectivity index (χ2n) is 9.77. The molecule has 0 saturated carbocycles. The lowest BCUT2D eigenvalue weighted by atomic mass is 10.1. The zero-order valence-corrected chi connectivity index (χ0v) is 23.3. The van der Waals surface area contributed by atoms with Crippen molar-refractivity contribution < 1.29 is 28.2 Å². The van der Waals surface area contributed by atoms with Crippen molar-refractivity contribution in [1.29, 1.82) is 0 Å². The minimum Gasteiger partial charge on any atom is -0.465 e. The molecular weight excluding hydrogens is 551 g/mol. The van der Waals surface area contributed by atoms with Gasteiger partial charge in [0.15, 0.2) is 0 Å². The maximum atomic E-state index is 16.4. The maximum absolute atomic E-state index is 16.4. The van der Waals surface area contributed by atoms with E-state index in [2.05, 4.69) is 15.0 Å². The number of anilines is 1. The molecule has 1 amide bonds. The molecule has 41 heavy (non-hydrogen) atoms. The van der Waals surface area contributed by atoms with Crippen LogP contribution in [0, 0.1) is 0 Å². The molecule has 1 aliphatic heterocycles. The maximum Gasteiger partial charge on any atom is 0.372 e. The summed E-state index contributed by atoms with van der Waals surface area (Å²) in [6.45, 7) is 0.671. The van der Waals surface area contributed by atoms with Crippen molar-refractivity contribution in [2.45, 2.75) is 25.2 Å². The summed E-state index contributed by atoms with van der Waals surface area (Å²) < 4.78 is 28.4. The number of Topliss-reactive ketones (excluding diaryl/α,β-unsaturated/α-hetero) is 1. The number of methoxy groups -OCH3 is 1. The molecular formula is C30H28ClFN4O5. The van der Waals surface area contributed by atoms with Gasteiger partial charge in [0, 0.05) is 55.9 Å². The van der Waals surface area contributed by atoms with E-state index in [1.807, 2.05) is 35.9 Å². The molecule has 1 atom stereocenters. The highest BCUT2D eigenvalue weighted by atomic mass is 35.5. The fourth-order valence-corrected chi connectivity index (χ4v) is 5.15. The molecule has 3 heterocycles. The van der Waals surface area contributed by atoms with Crippen LogP contribution in [0.25, 0.3) is 10.9 Å². The third-order valence-corrected chi connectivity index (χ3v) is 7.35. The highest BCUT2D eigenvalue weighted by molar-refractivity contribution is 6.34. The number of nitrogens with one attached hydrogen (secondary N) is 1. The minimum absolute atomic E-state index is 0.148. The number of halogens is 2. The molecule has 0 radical (unpaired) electrons. The Labute approximate surface area is 240 Å². The van der Waals surface area contributed by atoms with E-state index in [-0.39, 0.29) is 28.8 Å². The van der Waals surface area contributed by atoms with Crippen LogP contribution in [-0.4, -0.2) is 58.3 Å². The SMILES string of the molecule is COC(=O)c1ccc(OC(F)(C(=O)Cc2ccc(NC(=O)c3cn(C)c4ccccc34)c(Cl)c2)N2CCCC2)nc1. The van der Waals surface area contributed by atoms with Crippen molar-refractivity contribution in [3.05, 3.63) is 88.7 Å². The molecule has 1 fully saturated rings. The van der Waals surface area contributed by atoms with E-state index in [0.29, 0.717) is 42.7 Å². The molecule has 11 heteroatoms. The van der Waals surface area contributed by atoms with E-state index in [1.165, 1.54) is 36.4 Å². The van der Waals surface area contributed by atoms with Crippen molar-refractivity contribution in [3.8, 4) is 5.88 Å². The zero-order chi connectivity index (χ0) is 29.1. The van der Waals surface area contributed by atoms with E-state index in [4.69, 9.17) is 16.3 Å². The average Bonchev–Trinajstić information content (AvgIpc) is 3.64. The van der Waals surface area contributed by atoms with Gasteiger partial charge in [0.25, 0.3) is 5.91 Å². The number of hydrogen-bond donors (Lipinski definition) is 1. The number of aryl methyl sites for hydroxylation is 1. The van der Waals surface area contributed by atoms with Crippen LogP contribution in [0.5, 0.6) is 5.88 Å². The van der Waals surface area contributed by atoms with Gasteiger partial charge < -0.3 is 19.4 Å². The Bertz CT molecular complexity index is 1620. The van der Waals surface area contributed by atoms with Crippen molar-refractivity contribution >= 4 is 45.9 Å². The molecule has 0 bridgehead atoms. The summed E-state index contributed by atoms with van der Waals surface area (Å²) in [6, 6.07) is 15.0. The van der Waals surface area contributed by atoms with Crippen molar-refractivity contribution in [2.24, 2.45) is 7.05 Å². The molecule has 1 unspecified atom stereocenters. The molecule has 2 aromatic heterocycles. The number of hydrogen-bond acceptors (Lipinski definition) is 7. The van der Waals surface area contributed by atoms with E-state index in [0.717, 1.165) is 10.9 Å². The quantitative estimate of drug-likeness (QED) is 0.216. The number of pyridine rings is 1. The first-order chi connectivity index (χ1) is 19.7. The Balaban J connectivity index is 1.32. The summed E-state index contributed by atoms with van der Waals surface area (Å²) in [5, 5.41) is 3.83. The Morgan fingerprint density at radius 3 is 2.54 bits per heavy atom. The highest BCUT2D eigenvalue weighted by Gasteiger charge is 2.48. The first-order valence-electron chi connectivity index (χ1n) is 13.0. The Hall–Kier alpha value is -4.28. The van der Waals surface area contributed by atoms with Crippen LogP contribution in [0.3, 0.4) is 0 Å². The van der Waals surface area contributed by atoms with E-state index < -0.39 is 17.7 Å². The molecule has 5 rings (SSSR count). The lowest BCUT2D eigenvalue weighted by Crippen LogP contribution is -2.55. The third kappa shape index (κ3) is 5.79. The fraction of sp³-hybridized carbons (Fsp3) is 0.267. The topological polar surface area (TPSA) is 103 Å². The number of likely N-dealkylation sites (tertiary alicyclic amines) is 1. The number of amides is 1. The van der Waals surface area contributed by atoms with Gasteiger partial charge in [-0.2, -0.15) is 4.39 Å². The number of nitrogens with zero attached hydrogens (tertiary/aromatic N) is 3. The summed E-state index contributed by atoms with van der Waals surface area (Å²) in [6.07, 6.45) is 4.06. The summed E-state index contributed by atoms with van der Waals surface area (Å²) in [5.41, 5.74) is 2.39. The van der Waals surface area contributed by atoms with Gasteiger partial charge in [0.2, 0.25) is 11.7 Å². The predicted octanol–water partition coefficient (Wildman–Crippen LogP) is 5.18. The van der Waals surface area contributed by atoms with Gasteiger partial charge in [-0.25, -0.2) is 14.7 Å². The fourth-order valence-electron chi connectivity index (χ4n) is 4.90. The number of carbonyl (C=O) groups is 3. The largest absolute Gasteiger partial charge is 0.465 e. The summed E-state index contributed by atoms with van der Waals surface area (Å²) >= 11 is 6.48. The van der Waals surface area contributed by atoms with Gasteiger partial charge >= 0.3 is 11.9 Å². The first-order valence-corrected chi connectivity index (χ1v) is 13.4. The van der Waals surface area contributed by atoms with Crippen LogP contribution in [0.2, 0.25) is 5.02 Å². The number of alkyl halides is 1. The summed E-state index contributed by atoms with van der Waals surface area (Å²) in [4.78, 5) is 43.4. The average molecular weight is 579 g/mol. The Morgan fingerprint density at radius 1 is 1.10 bits per heavy atom. The van der Waals surface area contributed by atoms with Gasteiger partial charge in [-0.15, -0.1) is 0 Å². The molecule has 212 valence electrons. The minimum atomic E-state index is -2.77. The summed E-state index contributed by atoms with van der Waals surface area (Å²) in [7, 11) is 3.10. The molecule has 9 nitrogen and oxygen atoms in total. The van der Waals surface area contributed by atoms with E-state index >= 15 is 4.39 Å². The van der Waals surface area contributed by atoms with Gasteiger partial charge in [-0.3, -0.25) is 9.59 Å². The molecule has 4 aromatic rings. The van der Waals surface area contributed by atoms with Crippen LogP contribution < -0.4 is 10.1 Å². The van der Waals surface area contributed by atoms with Gasteiger partial charge in [-0.1, -0.05) is 35.9 Å². The number of ketones is 1. The second-order valence-corrected chi connectivity index (χ2v) is 10.2. The molecule has 1 saturated heterocycles. The van der Waals surface area contributed by atoms with Crippen LogP contribution >= 0.6 is 11.6 Å². The number of aromatic nitrogens is 2. The molecule has 2 aromatic carbocycles. The van der Waals surface area contributed by atoms with Gasteiger partial charge in [0.1, 0.15) is 0 Å². The number of fused-ring (bicyclic) bond motifs is 1. The van der Waals surface area contributed by atoms with Gasteiger partial charge in [0.05, 0.1) is 28.9 Å². The monoisotopic (exact) mass is 578 g/mol. The van der Waals surface area contributed by atoms with Crippen LogP contribution in [-0.2, 0) is 23.0 Å². The number of benzene rings is 2. The standard InChI is InChI=1S/C30H28ClFN4O5/c1-35-18-22(21-7-3-4-8-25(21)35)28(38)34-24-11-9-19(15-23(24)31)16-26(37)30(32,36-13-5-6-14-36)41-27-12-10-20(17-33-27)29(39)40-2/h3-4,7-12,15,17-18H,5-6,13-14,16H2,1-2H3,(H,34,38). The smallest absolute Gasteiger partial charge is 0.372 e. The highest BCUT2D eigenvalue weighted by Crippen LogP contribution is 2.31. The lowest BCUT2D eigenvalue weighted by Gasteiger charge is -2.32. The third-order valence-electron chi connectivity index (χ3n) is 7.04. The lowest BCUT2D eigenvalue weighted by molar-refractivity contribution is -0.192. The van der Waals surface area contributed by atoms with Crippen LogP contribution in [0.4, 0.5) is 10.1 Å². The normalized spacial score (nSPS) is 14.9. The van der Waals surface area contributed by atoms with Crippen molar-refractivity contribution in [1.82, 2.24) is 14.5 Å². The number of ether oxygens (including phenoxy) is 2. The summed E-state index contributed by atoms with van der Waals surface area (Å²) in [5.74, 6) is -4.68. The van der Waals surface area contributed by atoms with Crippen LogP contribution in [0.1, 0.15) is 39.1 Å². The first kappa shape index (κ1) is 28.3. The number of para-hydroxylation sites is 1. The predicted molar refractivity (Wildman–Crippen MR) is 152 cm³/mol. The number of carbonyl (C=O) groups excluding carboxylic acids is 3. The van der Waals surface area contributed by atoms with E-state index in [1.54, 1.807) is 18.3 Å². The van der Waals surface area contributed by atoms with E-state index in [9.17, 15) is 14.4 Å². The van der Waals surface area contributed by atoms with Crippen molar-refractivity contribution in [3.63, 3.8) is 0 Å². The van der Waals surface area contributed by atoms with Crippen molar-refractivity contribution in [2.75, 3.05) is 25.5 Å².